The van der Waals surface area contributed by atoms with Crippen molar-refractivity contribution in [3.8, 4) is 0 Å². The number of nitrogens with zero attached hydrogens (tertiary/aromatic N) is 1. The summed E-state index contributed by atoms with van der Waals surface area (Å²) in [6, 6.07) is 5.51. The van der Waals surface area contributed by atoms with Crippen LogP contribution in [0.2, 0.25) is 10.0 Å². The van der Waals surface area contributed by atoms with Crippen molar-refractivity contribution in [1.82, 2.24) is 10.2 Å². The van der Waals surface area contributed by atoms with Gasteiger partial charge in [-0.1, -0.05) is 43.1 Å². The van der Waals surface area contributed by atoms with E-state index in [1.165, 1.54) is 0 Å². The average molecular weight is 387 g/mol. The predicted octanol–water partition coefficient (Wildman–Crippen LogP) is 2.62. The minimum atomic E-state index is -0.477. The van der Waals surface area contributed by atoms with Gasteiger partial charge in [0.05, 0.1) is 10.0 Å². The Kier molecular flexibility index (Phi) is 6.72. The molecule has 138 valence electrons. The monoisotopic (exact) mass is 386 g/mol. The Labute approximate surface area is 158 Å². The third-order valence-electron chi connectivity index (χ3n) is 4.76. The Balaban J connectivity index is 1.89. The minimum absolute atomic E-state index is 0.00392. The number of carbonyl (C=O) groups excluding carboxylic acids is 2. The lowest BCUT2D eigenvalue weighted by Gasteiger charge is -2.32. The fourth-order valence-electron chi connectivity index (χ4n) is 2.96. The zero-order valence-corrected chi connectivity index (χ0v) is 16.0. The number of rotatable bonds is 5. The Hall–Kier alpha value is -1.30. The number of hydrogen-bond acceptors (Lipinski definition) is 3. The second kappa shape index (κ2) is 8.39. The van der Waals surface area contributed by atoms with Crippen molar-refractivity contribution in [3.63, 3.8) is 0 Å². The molecule has 0 saturated carbocycles. The molecule has 0 unspecified atom stereocenters. The number of aliphatic hydroxyl groups excluding tert-OH is 1. The van der Waals surface area contributed by atoms with E-state index in [1.54, 1.807) is 11.0 Å². The molecule has 0 spiro atoms. The maximum atomic E-state index is 12.4. The molecular weight excluding hydrogens is 363 g/mol. The van der Waals surface area contributed by atoms with Crippen LogP contribution in [0, 0.1) is 5.92 Å². The Morgan fingerprint density at radius 1 is 1.24 bits per heavy atom. The highest BCUT2D eigenvalue weighted by molar-refractivity contribution is 6.42. The number of likely N-dealkylation sites (tertiary alicyclic amines) is 1. The van der Waals surface area contributed by atoms with Gasteiger partial charge in [0.15, 0.2) is 0 Å². The summed E-state index contributed by atoms with van der Waals surface area (Å²) in [5, 5.41) is 12.9. The van der Waals surface area contributed by atoms with E-state index in [-0.39, 0.29) is 23.1 Å². The van der Waals surface area contributed by atoms with E-state index >= 15 is 0 Å². The van der Waals surface area contributed by atoms with Gasteiger partial charge >= 0.3 is 0 Å². The summed E-state index contributed by atoms with van der Waals surface area (Å²) in [6.45, 7) is 5.10. The molecule has 7 heteroatoms. The van der Waals surface area contributed by atoms with Crippen molar-refractivity contribution in [1.29, 1.82) is 0 Å². The van der Waals surface area contributed by atoms with E-state index in [2.05, 4.69) is 5.32 Å². The molecule has 1 aliphatic heterocycles. The van der Waals surface area contributed by atoms with Crippen LogP contribution < -0.4 is 5.32 Å². The van der Waals surface area contributed by atoms with Crippen molar-refractivity contribution >= 4 is 35.0 Å². The van der Waals surface area contributed by atoms with Gasteiger partial charge in [-0.3, -0.25) is 9.59 Å². The SMILES string of the molecule is CC(C)(CNC(=O)C1CCN(C(=O)CO)CC1)c1ccc(Cl)c(Cl)c1. The highest BCUT2D eigenvalue weighted by Gasteiger charge is 2.29. The maximum absolute atomic E-state index is 12.4. The lowest BCUT2D eigenvalue weighted by Crippen LogP contribution is -2.45. The van der Waals surface area contributed by atoms with Gasteiger partial charge in [-0.15, -0.1) is 0 Å². The fraction of sp³-hybridized carbons (Fsp3) is 0.556. The summed E-state index contributed by atoms with van der Waals surface area (Å²) >= 11 is 12.0. The average Bonchev–Trinajstić information content (AvgIpc) is 2.61. The number of benzene rings is 1. The van der Waals surface area contributed by atoms with Crippen molar-refractivity contribution < 1.29 is 14.7 Å². The summed E-state index contributed by atoms with van der Waals surface area (Å²) in [5.74, 6) is -0.379. The summed E-state index contributed by atoms with van der Waals surface area (Å²) in [7, 11) is 0. The molecule has 1 aromatic carbocycles. The van der Waals surface area contributed by atoms with Gasteiger partial charge in [0.25, 0.3) is 0 Å². The maximum Gasteiger partial charge on any atom is 0.248 e. The minimum Gasteiger partial charge on any atom is -0.387 e. The second-order valence-corrected chi connectivity index (χ2v) is 7.86. The number of hydrogen-bond donors (Lipinski definition) is 2. The van der Waals surface area contributed by atoms with Crippen LogP contribution in [0.15, 0.2) is 18.2 Å². The molecule has 1 aromatic rings. The summed E-state index contributed by atoms with van der Waals surface area (Å²) < 4.78 is 0. The van der Waals surface area contributed by atoms with Gasteiger partial charge in [-0.05, 0) is 30.5 Å². The molecular formula is C18H24Cl2N2O3. The largest absolute Gasteiger partial charge is 0.387 e. The van der Waals surface area contributed by atoms with Crippen molar-refractivity contribution in [2.75, 3.05) is 26.2 Å². The topological polar surface area (TPSA) is 69.6 Å². The standard InChI is InChI=1S/C18H24Cl2N2O3/c1-18(2,13-3-4-14(19)15(20)9-13)11-21-17(25)12-5-7-22(8-6-12)16(24)10-23/h3-4,9,12,23H,5-8,10-11H2,1-2H3,(H,21,25). The first-order valence-electron chi connectivity index (χ1n) is 8.36. The predicted molar refractivity (Wildman–Crippen MR) is 98.9 cm³/mol. The third kappa shape index (κ3) is 5.09. The second-order valence-electron chi connectivity index (χ2n) is 7.04. The molecule has 0 aromatic heterocycles. The molecule has 1 fully saturated rings. The molecule has 1 aliphatic rings. The quantitative estimate of drug-likeness (QED) is 0.816. The lowest BCUT2D eigenvalue weighted by molar-refractivity contribution is -0.137. The molecule has 2 amide bonds. The molecule has 25 heavy (non-hydrogen) atoms. The highest BCUT2D eigenvalue weighted by atomic mass is 35.5. The zero-order chi connectivity index (χ0) is 18.6. The smallest absolute Gasteiger partial charge is 0.248 e. The number of halogens is 2. The molecule has 0 bridgehead atoms. The van der Waals surface area contributed by atoms with E-state index in [0.717, 1.165) is 5.56 Å². The first kappa shape index (κ1) is 20.0. The molecule has 2 rings (SSSR count). The van der Waals surface area contributed by atoms with Crippen LogP contribution in [0.25, 0.3) is 0 Å². The van der Waals surface area contributed by atoms with Crippen LogP contribution in [0.1, 0.15) is 32.3 Å². The van der Waals surface area contributed by atoms with E-state index in [9.17, 15) is 9.59 Å². The van der Waals surface area contributed by atoms with E-state index in [4.69, 9.17) is 28.3 Å². The normalized spacial score (nSPS) is 16.0. The van der Waals surface area contributed by atoms with Crippen LogP contribution in [-0.4, -0.2) is 48.1 Å². The number of carbonyl (C=O) groups is 2. The van der Waals surface area contributed by atoms with E-state index in [1.807, 2.05) is 26.0 Å². The van der Waals surface area contributed by atoms with Gasteiger partial charge in [0, 0.05) is 31.0 Å². The molecule has 0 aliphatic carbocycles. The number of piperidine rings is 1. The first-order valence-corrected chi connectivity index (χ1v) is 9.12. The first-order chi connectivity index (χ1) is 11.7. The van der Waals surface area contributed by atoms with Crippen LogP contribution in [-0.2, 0) is 15.0 Å². The zero-order valence-electron chi connectivity index (χ0n) is 14.5. The van der Waals surface area contributed by atoms with E-state index < -0.39 is 6.61 Å². The fourth-order valence-corrected chi connectivity index (χ4v) is 3.26. The van der Waals surface area contributed by atoms with Gasteiger partial charge in [0.1, 0.15) is 6.61 Å². The Bertz CT molecular complexity index is 641. The van der Waals surface area contributed by atoms with Gasteiger partial charge in [-0.25, -0.2) is 0 Å². The molecule has 0 radical (unpaired) electrons. The molecule has 1 heterocycles. The molecule has 1 saturated heterocycles. The third-order valence-corrected chi connectivity index (χ3v) is 5.50. The summed E-state index contributed by atoms with van der Waals surface area (Å²) in [6.07, 6.45) is 1.23. The van der Waals surface area contributed by atoms with Crippen molar-refractivity contribution in [2.24, 2.45) is 5.92 Å². The number of amides is 2. The van der Waals surface area contributed by atoms with Crippen molar-refractivity contribution in [3.05, 3.63) is 33.8 Å². The van der Waals surface area contributed by atoms with Crippen LogP contribution in [0.3, 0.4) is 0 Å². The molecule has 0 atom stereocenters. The van der Waals surface area contributed by atoms with E-state index in [0.29, 0.717) is 42.5 Å². The van der Waals surface area contributed by atoms with Gasteiger partial charge in [0.2, 0.25) is 11.8 Å². The van der Waals surface area contributed by atoms with Crippen molar-refractivity contribution in [2.45, 2.75) is 32.1 Å². The van der Waals surface area contributed by atoms with Crippen LogP contribution >= 0.6 is 23.2 Å². The summed E-state index contributed by atoms with van der Waals surface area (Å²) in [4.78, 5) is 25.5. The number of aliphatic hydroxyl groups is 1. The van der Waals surface area contributed by atoms with Gasteiger partial charge in [-0.2, -0.15) is 0 Å². The molecule has 2 N–H and O–H groups in total. The van der Waals surface area contributed by atoms with Gasteiger partial charge < -0.3 is 15.3 Å². The lowest BCUT2D eigenvalue weighted by atomic mass is 9.84. The number of nitrogens with one attached hydrogen (secondary N) is 1. The Morgan fingerprint density at radius 3 is 2.44 bits per heavy atom. The van der Waals surface area contributed by atoms with Crippen LogP contribution in [0.5, 0.6) is 0 Å². The Morgan fingerprint density at radius 2 is 1.88 bits per heavy atom. The highest BCUT2D eigenvalue weighted by Crippen LogP contribution is 2.29. The molecule has 5 nitrogen and oxygen atoms in total. The summed E-state index contributed by atoms with van der Waals surface area (Å²) in [5.41, 5.74) is 0.725. The van der Waals surface area contributed by atoms with Crippen LogP contribution in [0.4, 0.5) is 0 Å².